The molecule has 0 aromatic carbocycles. The normalized spacial score (nSPS) is 28.2. The van der Waals surface area contributed by atoms with Crippen molar-refractivity contribution in [2.75, 3.05) is 0 Å². The van der Waals surface area contributed by atoms with Crippen molar-refractivity contribution >= 4 is 6.16 Å². The molecule has 75 valence electrons. The Labute approximate surface area is 79.4 Å². The molecule has 0 aromatic rings. The number of hydrogen-bond donors (Lipinski definition) is 0. The zero-order chi connectivity index (χ0) is 9.68. The topological polar surface area (TPSA) is 35.5 Å². The largest absolute Gasteiger partial charge is 0.508 e. The second kappa shape index (κ2) is 5.10. The Bertz CT molecular complexity index is 168. The summed E-state index contributed by atoms with van der Waals surface area (Å²) in [5, 5.41) is 0. The van der Waals surface area contributed by atoms with Gasteiger partial charge >= 0.3 is 6.16 Å². The lowest BCUT2D eigenvalue weighted by atomic mass is 9.88. The smallest absolute Gasteiger partial charge is 0.431 e. The molecule has 1 radical (unpaired) electrons. The second-order valence-corrected chi connectivity index (χ2v) is 3.52. The summed E-state index contributed by atoms with van der Waals surface area (Å²) in [5.74, 6) is 0.471. The standard InChI is InChI=1S/C10H17O3/c1-3-12-10(11)13-9-7-5-4-6-8(9)2/h3,8-9H,4-7H2,1-2H3. The fraction of sp³-hybridized carbons (Fsp3) is 0.800. The molecule has 0 aliphatic heterocycles. The van der Waals surface area contributed by atoms with Crippen LogP contribution in [0.15, 0.2) is 0 Å². The Morgan fingerprint density at radius 1 is 1.38 bits per heavy atom. The van der Waals surface area contributed by atoms with Gasteiger partial charge < -0.3 is 9.47 Å². The van der Waals surface area contributed by atoms with Gasteiger partial charge in [-0.3, -0.25) is 0 Å². The van der Waals surface area contributed by atoms with Crippen LogP contribution in [0.4, 0.5) is 4.79 Å². The van der Waals surface area contributed by atoms with Gasteiger partial charge in [0.15, 0.2) is 0 Å². The lowest BCUT2D eigenvalue weighted by Gasteiger charge is -2.27. The van der Waals surface area contributed by atoms with Gasteiger partial charge in [0, 0.05) is 0 Å². The maximum absolute atomic E-state index is 11.0. The van der Waals surface area contributed by atoms with Crippen LogP contribution in [0.25, 0.3) is 0 Å². The summed E-state index contributed by atoms with van der Waals surface area (Å²) >= 11 is 0. The molecule has 2 atom stereocenters. The number of ether oxygens (including phenoxy) is 2. The molecule has 1 saturated carbocycles. The Balaban J connectivity index is 2.29. The molecular weight excluding hydrogens is 168 g/mol. The molecule has 3 heteroatoms. The lowest BCUT2D eigenvalue weighted by molar-refractivity contribution is 0.00245. The maximum atomic E-state index is 11.0. The second-order valence-electron chi connectivity index (χ2n) is 3.52. The predicted octanol–water partition coefficient (Wildman–Crippen LogP) is 2.90. The van der Waals surface area contributed by atoms with Crippen molar-refractivity contribution in [3.05, 3.63) is 6.61 Å². The van der Waals surface area contributed by atoms with E-state index in [0.717, 1.165) is 19.3 Å². The Morgan fingerprint density at radius 2 is 2.08 bits per heavy atom. The minimum absolute atomic E-state index is 0.0567. The Morgan fingerprint density at radius 3 is 2.69 bits per heavy atom. The minimum atomic E-state index is -0.568. The molecule has 0 aromatic heterocycles. The number of carbonyl (C=O) groups excluding carboxylic acids is 1. The summed E-state index contributed by atoms with van der Waals surface area (Å²) < 4.78 is 9.76. The number of rotatable bonds is 2. The van der Waals surface area contributed by atoms with Gasteiger partial charge in [-0.2, -0.15) is 0 Å². The van der Waals surface area contributed by atoms with Crippen LogP contribution >= 0.6 is 0 Å². The van der Waals surface area contributed by atoms with E-state index in [-0.39, 0.29) is 6.10 Å². The molecule has 0 spiro atoms. The van der Waals surface area contributed by atoms with Crippen molar-refractivity contribution in [2.24, 2.45) is 5.92 Å². The maximum Gasteiger partial charge on any atom is 0.508 e. The van der Waals surface area contributed by atoms with Crippen LogP contribution in [-0.2, 0) is 9.47 Å². The molecular formula is C10H17O3. The van der Waals surface area contributed by atoms with Crippen molar-refractivity contribution in [1.29, 1.82) is 0 Å². The van der Waals surface area contributed by atoms with Crippen molar-refractivity contribution < 1.29 is 14.3 Å². The first kappa shape index (κ1) is 10.4. The fourth-order valence-corrected chi connectivity index (χ4v) is 1.70. The first-order chi connectivity index (χ1) is 6.24. The van der Waals surface area contributed by atoms with Crippen molar-refractivity contribution in [3.63, 3.8) is 0 Å². The molecule has 0 heterocycles. The fourth-order valence-electron chi connectivity index (χ4n) is 1.70. The summed E-state index contributed by atoms with van der Waals surface area (Å²) in [4.78, 5) is 11.0. The van der Waals surface area contributed by atoms with Crippen molar-refractivity contribution in [2.45, 2.75) is 45.6 Å². The van der Waals surface area contributed by atoms with Crippen molar-refractivity contribution in [1.82, 2.24) is 0 Å². The van der Waals surface area contributed by atoms with E-state index in [0.29, 0.717) is 5.92 Å². The van der Waals surface area contributed by atoms with Gasteiger partial charge in [-0.05, 0) is 32.1 Å². The van der Waals surface area contributed by atoms with E-state index in [2.05, 4.69) is 11.7 Å². The van der Waals surface area contributed by atoms with Crippen LogP contribution < -0.4 is 0 Å². The summed E-state index contributed by atoms with van der Waals surface area (Å²) in [6.07, 6.45) is 4.00. The molecule has 0 bridgehead atoms. The van der Waals surface area contributed by atoms with E-state index in [9.17, 15) is 4.79 Å². The quantitative estimate of drug-likeness (QED) is 0.620. The van der Waals surface area contributed by atoms with Gasteiger partial charge in [0.1, 0.15) is 12.7 Å². The predicted molar refractivity (Wildman–Crippen MR) is 49.0 cm³/mol. The third-order valence-corrected chi connectivity index (χ3v) is 2.49. The van der Waals surface area contributed by atoms with Gasteiger partial charge in [0.2, 0.25) is 0 Å². The first-order valence-electron chi connectivity index (χ1n) is 4.89. The van der Waals surface area contributed by atoms with Crippen LogP contribution in [0.2, 0.25) is 0 Å². The third kappa shape index (κ3) is 3.25. The highest BCUT2D eigenvalue weighted by Gasteiger charge is 2.25. The van der Waals surface area contributed by atoms with Crippen LogP contribution in [0.1, 0.15) is 39.5 Å². The Hall–Kier alpha value is -0.730. The lowest BCUT2D eigenvalue weighted by Crippen LogP contribution is -2.28. The van der Waals surface area contributed by atoms with E-state index in [1.54, 1.807) is 6.92 Å². The summed E-state index contributed by atoms with van der Waals surface area (Å²) in [7, 11) is 0. The molecule has 1 fully saturated rings. The van der Waals surface area contributed by atoms with Crippen LogP contribution in [-0.4, -0.2) is 12.3 Å². The molecule has 2 unspecified atom stereocenters. The van der Waals surface area contributed by atoms with E-state index in [1.165, 1.54) is 13.0 Å². The molecule has 3 nitrogen and oxygen atoms in total. The van der Waals surface area contributed by atoms with Crippen molar-refractivity contribution in [3.8, 4) is 0 Å². The zero-order valence-corrected chi connectivity index (χ0v) is 8.29. The Kier molecular flexibility index (Phi) is 4.06. The highest BCUT2D eigenvalue weighted by Crippen LogP contribution is 2.26. The molecule has 1 aliphatic rings. The highest BCUT2D eigenvalue weighted by molar-refractivity contribution is 5.60. The first-order valence-corrected chi connectivity index (χ1v) is 4.89. The van der Waals surface area contributed by atoms with Gasteiger partial charge in [-0.15, -0.1) is 0 Å². The molecule has 1 rings (SSSR count). The molecule has 0 saturated heterocycles. The zero-order valence-electron chi connectivity index (χ0n) is 8.29. The minimum Gasteiger partial charge on any atom is -0.431 e. The van der Waals surface area contributed by atoms with E-state index in [4.69, 9.17) is 4.74 Å². The molecule has 1 aliphatic carbocycles. The average molecular weight is 185 g/mol. The molecule has 0 N–H and O–H groups in total. The average Bonchev–Trinajstić information content (AvgIpc) is 2.09. The SMILES string of the molecule is C[CH]OC(=O)OC1CCCCC1C. The van der Waals surface area contributed by atoms with Crippen LogP contribution in [0, 0.1) is 12.5 Å². The highest BCUT2D eigenvalue weighted by atomic mass is 16.7. The summed E-state index contributed by atoms with van der Waals surface area (Å²) in [5.41, 5.74) is 0. The van der Waals surface area contributed by atoms with E-state index >= 15 is 0 Å². The third-order valence-electron chi connectivity index (χ3n) is 2.49. The van der Waals surface area contributed by atoms with Gasteiger partial charge in [0.25, 0.3) is 0 Å². The van der Waals surface area contributed by atoms with E-state index < -0.39 is 6.16 Å². The summed E-state index contributed by atoms with van der Waals surface area (Å²) in [6.45, 7) is 5.12. The molecule has 0 amide bonds. The molecule has 13 heavy (non-hydrogen) atoms. The van der Waals surface area contributed by atoms with Crippen LogP contribution in [0.5, 0.6) is 0 Å². The van der Waals surface area contributed by atoms with Crippen LogP contribution in [0.3, 0.4) is 0 Å². The van der Waals surface area contributed by atoms with Gasteiger partial charge in [-0.25, -0.2) is 4.79 Å². The van der Waals surface area contributed by atoms with Gasteiger partial charge in [0.05, 0.1) is 0 Å². The number of hydrogen-bond acceptors (Lipinski definition) is 3. The monoisotopic (exact) mass is 185 g/mol. The summed E-state index contributed by atoms with van der Waals surface area (Å²) in [6, 6.07) is 0. The number of carbonyl (C=O) groups is 1. The van der Waals surface area contributed by atoms with E-state index in [1.807, 2.05) is 0 Å². The van der Waals surface area contributed by atoms with Gasteiger partial charge in [-0.1, -0.05) is 13.3 Å².